The molecular weight excluding hydrogens is 230 g/mol. The van der Waals surface area contributed by atoms with Crippen LogP contribution < -0.4 is 4.72 Å². The van der Waals surface area contributed by atoms with E-state index in [1.165, 1.54) is 0 Å². The molecule has 0 aliphatic heterocycles. The van der Waals surface area contributed by atoms with Gasteiger partial charge in [-0.25, -0.2) is 8.93 Å². The Kier molecular flexibility index (Phi) is 6.43. The molecule has 0 spiro atoms. The summed E-state index contributed by atoms with van der Waals surface area (Å²) >= 11 is 0. The van der Waals surface area contributed by atoms with Gasteiger partial charge in [-0.1, -0.05) is 26.7 Å². The molecule has 0 saturated heterocycles. The standard InChI is InChI=1S/C14H27NOS/c1-8-9-10-11-14(7,12(2)3)15-17(16)13(4,5)6/h12,15H,8-9H2,1-7H3/t14-,17+/m1/s1. The molecule has 0 unspecified atom stereocenters. The molecule has 0 fully saturated rings. The van der Waals surface area contributed by atoms with Crippen LogP contribution in [0.1, 0.15) is 61.3 Å². The first-order valence-corrected chi connectivity index (χ1v) is 7.48. The minimum Gasteiger partial charge on any atom is -0.242 e. The third-order valence-electron chi connectivity index (χ3n) is 2.74. The number of hydrogen-bond donors (Lipinski definition) is 1. The van der Waals surface area contributed by atoms with Crippen molar-refractivity contribution in [3.8, 4) is 11.8 Å². The highest BCUT2D eigenvalue weighted by molar-refractivity contribution is 7.84. The number of nitrogens with one attached hydrogen (secondary N) is 1. The largest absolute Gasteiger partial charge is 0.242 e. The summed E-state index contributed by atoms with van der Waals surface area (Å²) in [5, 5.41) is 0. The first-order valence-electron chi connectivity index (χ1n) is 6.33. The summed E-state index contributed by atoms with van der Waals surface area (Å²) in [7, 11) is -1.09. The lowest BCUT2D eigenvalue weighted by molar-refractivity contribution is 0.398. The summed E-state index contributed by atoms with van der Waals surface area (Å²) in [5.41, 5.74) is -0.382. The predicted molar refractivity (Wildman–Crippen MR) is 77.0 cm³/mol. The van der Waals surface area contributed by atoms with Crippen molar-refractivity contribution in [2.75, 3.05) is 0 Å². The second-order valence-electron chi connectivity index (χ2n) is 5.89. The number of rotatable bonds is 4. The summed E-state index contributed by atoms with van der Waals surface area (Å²) in [6.07, 6.45) is 1.95. The molecule has 0 aliphatic carbocycles. The third-order valence-corrected chi connectivity index (χ3v) is 4.46. The molecule has 0 aromatic rings. The quantitative estimate of drug-likeness (QED) is 0.770. The SMILES string of the molecule is CCCC#C[C@@](C)(N[S@@](=O)C(C)(C)C)C(C)C. The topological polar surface area (TPSA) is 29.1 Å². The molecule has 0 rings (SSSR count). The van der Waals surface area contributed by atoms with Crippen molar-refractivity contribution in [1.29, 1.82) is 0 Å². The Morgan fingerprint density at radius 3 is 2.12 bits per heavy atom. The van der Waals surface area contributed by atoms with Crippen molar-refractivity contribution < 1.29 is 4.21 Å². The van der Waals surface area contributed by atoms with Gasteiger partial charge >= 0.3 is 0 Å². The Labute approximate surface area is 110 Å². The van der Waals surface area contributed by atoms with Crippen molar-refractivity contribution in [3.63, 3.8) is 0 Å². The highest BCUT2D eigenvalue weighted by atomic mass is 32.2. The van der Waals surface area contributed by atoms with E-state index in [-0.39, 0.29) is 10.3 Å². The van der Waals surface area contributed by atoms with Gasteiger partial charge in [0, 0.05) is 6.42 Å². The maximum atomic E-state index is 12.1. The smallest absolute Gasteiger partial charge is 0.0983 e. The Morgan fingerprint density at radius 2 is 1.76 bits per heavy atom. The molecule has 0 heterocycles. The van der Waals surface area contributed by atoms with Gasteiger partial charge in [-0.3, -0.25) is 0 Å². The lowest BCUT2D eigenvalue weighted by atomic mass is 9.90. The van der Waals surface area contributed by atoms with E-state index in [1.54, 1.807) is 0 Å². The van der Waals surface area contributed by atoms with Gasteiger partial charge in [-0.05, 0) is 40.0 Å². The van der Waals surface area contributed by atoms with E-state index in [0.29, 0.717) is 5.92 Å². The Morgan fingerprint density at radius 1 is 1.24 bits per heavy atom. The van der Waals surface area contributed by atoms with Crippen LogP contribution in [-0.4, -0.2) is 14.5 Å². The van der Waals surface area contributed by atoms with Crippen LogP contribution in [0.3, 0.4) is 0 Å². The zero-order chi connectivity index (χ0) is 13.7. The third kappa shape index (κ3) is 5.70. The van der Waals surface area contributed by atoms with Crippen LogP contribution in [0.25, 0.3) is 0 Å². The Balaban J connectivity index is 4.88. The van der Waals surface area contributed by atoms with Crippen LogP contribution in [-0.2, 0) is 11.0 Å². The normalized spacial score (nSPS) is 17.2. The Hall–Kier alpha value is -0.330. The van der Waals surface area contributed by atoms with Crippen LogP contribution in [0.5, 0.6) is 0 Å². The van der Waals surface area contributed by atoms with Gasteiger partial charge < -0.3 is 0 Å². The fourth-order valence-electron chi connectivity index (χ4n) is 1.00. The Bertz CT molecular complexity index is 319. The van der Waals surface area contributed by atoms with E-state index in [4.69, 9.17) is 0 Å². The van der Waals surface area contributed by atoms with Crippen LogP contribution in [0.2, 0.25) is 0 Å². The molecule has 0 bridgehead atoms. The van der Waals surface area contributed by atoms with E-state index < -0.39 is 11.0 Å². The van der Waals surface area contributed by atoms with Crippen LogP contribution in [0, 0.1) is 17.8 Å². The molecule has 3 heteroatoms. The molecule has 0 radical (unpaired) electrons. The second-order valence-corrected chi connectivity index (χ2v) is 7.86. The minimum absolute atomic E-state index is 0.261. The van der Waals surface area contributed by atoms with Gasteiger partial charge in [0.15, 0.2) is 0 Å². The predicted octanol–water partition coefficient (Wildman–Crippen LogP) is 3.26. The van der Waals surface area contributed by atoms with Gasteiger partial charge in [0.05, 0.1) is 21.3 Å². The first-order chi connectivity index (χ1) is 7.63. The fourth-order valence-corrected chi connectivity index (χ4v) is 1.98. The monoisotopic (exact) mass is 257 g/mol. The van der Waals surface area contributed by atoms with Gasteiger partial charge in [0.25, 0.3) is 0 Å². The summed E-state index contributed by atoms with van der Waals surface area (Å²) in [4.78, 5) is 0. The van der Waals surface area contributed by atoms with Crippen molar-refractivity contribution in [3.05, 3.63) is 0 Å². The molecule has 1 N–H and O–H groups in total. The molecule has 2 atom stereocenters. The maximum Gasteiger partial charge on any atom is 0.0983 e. The fraction of sp³-hybridized carbons (Fsp3) is 0.857. The summed E-state index contributed by atoms with van der Waals surface area (Å²) in [5.74, 6) is 6.73. The van der Waals surface area contributed by atoms with E-state index in [9.17, 15) is 4.21 Å². The van der Waals surface area contributed by atoms with Crippen molar-refractivity contribution in [2.45, 2.75) is 71.6 Å². The van der Waals surface area contributed by atoms with Crippen molar-refractivity contribution in [2.24, 2.45) is 5.92 Å². The second kappa shape index (κ2) is 6.56. The van der Waals surface area contributed by atoms with Crippen LogP contribution >= 0.6 is 0 Å². The number of unbranched alkanes of at least 4 members (excludes halogenated alkanes) is 1. The van der Waals surface area contributed by atoms with E-state index >= 15 is 0 Å². The summed E-state index contributed by atoms with van der Waals surface area (Å²) in [6.45, 7) is 14.3. The van der Waals surface area contributed by atoms with E-state index in [2.05, 4.69) is 37.3 Å². The van der Waals surface area contributed by atoms with Crippen LogP contribution in [0.15, 0.2) is 0 Å². The zero-order valence-electron chi connectivity index (χ0n) is 12.3. The van der Waals surface area contributed by atoms with Crippen LogP contribution in [0.4, 0.5) is 0 Å². The van der Waals surface area contributed by atoms with E-state index in [0.717, 1.165) is 12.8 Å². The van der Waals surface area contributed by atoms with Gasteiger partial charge in [0.2, 0.25) is 0 Å². The summed E-state index contributed by atoms with van der Waals surface area (Å²) < 4.78 is 15.1. The lowest BCUT2D eigenvalue weighted by Gasteiger charge is -2.32. The summed E-state index contributed by atoms with van der Waals surface area (Å²) in [6, 6.07) is 0. The van der Waals surface area contributed by atoms with Gasteiger partial charge in [-0.2, -0.15) is 0 Å². The zero-order valence-corrected chi connectivity index (χ0v) is 13.1. The molecule has 100 valence electrons. The lowest BCUT2D eigenvalue weighted by Crippen LogP contribution is -2.50. The average Bonchev–Trinajstić information content (AvgIpc) is 2.16. The molecule has 0 aliphatic rings. The van der Waals surface area contributed by atoms with Gasteiger partial charge in [0.1, 0.15) is 0 Å². The highest BCUT2D eigenvalue weighted by Gasteiger charge is 2.31. The molecule has 0 aromatic heterocycles. The molecule has 0 aromatic carbocycles. The minimum atomic E-state index is -1.09. The molecule has 2 nitrogen and oxygen atoms in total. The molecule has 0 saturated carbocycles. The number of hydrogen-bond acceptors (Lipinski definition) is 1. The van der Waals surface area contributed by atoms with Crippen molar-refractivity contribution in [1.82, 2.24) is 4.72 Å². The maximum absolute atomic E-state index is 12.1. The molecule has 17 heavy (non-hydrogen) atoms. The first kappa shape index (κ1) is 16.7. The average molecular weight is 257 g/mol. The molecule has 0 amide bonds. The van der Waals surface area contributed by atoms with Gasteiger partial charge in [-0.15, -0.1) is 5.92 Å². The van der Waals surface area contributed by atoms with Crippen molar-refractivity contribution >= 4 is 11.0 Å². The molecular formula is C14H27NOS. The van der Waals surface area contributed by atoms with E-state index in [1.807, 2.05) is 27.7 Å². The highest BCUT2D eigenvalue weighted by Crippen LogP contribution is 2.19.